The van der Waals surface area contributed by atoms with Gasteiger partial charge in [-0.15, -0.1) is 5.10 Å². The predicted molar refractivity (Wildman–Crippen MR) is 113 cm³/mol. The van der Waals surface area contributed by atoms with Gasteiger partial charge < -0.3 is 14.6 Å². The fraction of sp³-hybridized carbons (Fsp3) is 0.364. The second kappa shape index (κ2) is 9.21. The number of rotatable bonds is 7. The molecule has 1 fully saturated rings. The highest BCUT2D eigenvalue weighted by molar-refractivity contribution is 7.03. The lowest BCUT2D eigenvalue weighted by Crippen LogP contribution is -2.45. The average Bonchev–Trinajstić information content (AvgIpc) is 3.51. The summed E-state index contributed by atoms with van der Waals surface area (Å²) in [6, 6.07) is 12.4. The van der Waals surface area contributed by atoms with Crippen LogP contribution in [0, 0.1) is 6.92 Å². The van der Waals surface area contributed by atoms with E-state index in [4.69, 9.17) is 4.42 Å². The van der Waals surface area contributed by atoms with E-state index in [1.807, 2.05) is 37.3 Å². The summed E-state index contributed by atoms with van der Waals surface area (Å²) in [6.45, 7) is 2.07. The molecule has 1 aliphatic rings. The number of aromatic nitrogens is 2. The number of hydrogen-bond donors (Lipinski definition) is 1. The molecule has 7 nitrogen and oxygen atoms in total. The van der Waals surface area contributed by atoms with Gasteiger partial charge in [-0.05, 0) is 49.0 Å². The van der Waals surface area contributed by atoms with E-state index in [-0.39, 0.29) is 30.1 Å². The van der Waals surface area contributed by atoms with Crippen molar-refractivity contribution in [2.45, 2.75) is 51.2 Å². The topological polar surface area (TPSA) is 88.3 Å². The van der Waals surface area contributed by atoms with E-state index in [0.717, 1.165) is 42.8 Å². The standard InChI is InChI=1S/C22H24N4O3S/c1-15-11-12-19(29-15)20(21(27)23-17-9-5-6-10-17)26(13-16-7-3-2-4-8-16)22(28)18-14-30-25-24-18/h2-4,7-8,11-12,14,17,20H,5-6,9-10,13H2,1H3,(H,23,27)/t20-/m0/s1. The van der Waals surface area contributed by atoms with E-state index in [2.05, 4.69) is 14.9 Å². The summed E-state index contributed by atoms with van der Waals surface area (Å²) in [6.07, 6.45) is 4.12. The molecular formula is C22H24N4O3S. The molecule has 0 unspecified atom stereocenters. The second-order valence-corrected chi connectivity index (χ2v) is 8.16. The Morgan fingerprint density at radius 2 is 1.97 bits per heavy atom. The van der Waals surface area contributed by atoms with Gasteiger partial charge in [0.1, 0.15) is 11.5 Å². The van der Waals surface area contributed by atoms with Crippen LogP contribution < -0.4 is 5.32 Å². The van der Waals surface area contributed by atoms with E-state index in [1.54, 1.807) is 17.5 Å². The Bertz CT molecular complexity index is 981. The second-order valence-electron chi connectivity index (χ2n) is 7.55. The quantitative estimate of drug-likeness (QED) is 0.622. The summed E-state index contributed by atoms with van der Waals surface area (Å²) in [5, 5.41) is 8.66. The minimum absolute atomic E-state index is 0.130. The fourth-order valence-electron chi connectivity index (χ4n) is 3.84. The first-order valence-corrected chi connectivity index (χ1v) is 10.9. The Morgan fingerprint density at radius 3 is 2.60 bits per heavy atom. The van der Waals surface area contributed by atoms with Crippen LogP contribution in [0.5, 0.6) is 0 Å². The van der Waals surface area contributed by atoms with Crippen LogP contribution in [0.4, 0.5) is 0 Å². The molecule has 30 heavy (non-hydrogen) atoms. The molecule has 2 amide bonds. The van der Waals surface area contributed by atoms with Gasteiger partial charge in [-0.3, -0.25) is 9.59 Å². The summed E-state index contributed by atoms with van der Waals surface area (Å²) in [4.78, 5) is 28.3. The summed E-state index contributed by atoms with van der Waals surface area (Å²) < 4.78 is 9.65. The third-order valence-corrected chi connectivity index (χ3v) is 5.83. The summed E-state index contributed by atoms with van der Waals surface area (Å²) in [5.74, 6) is 0.540. The number of nitrogens with zero attached hydrogens (tertiary/aromatic N) is 3. The molecule has 0 radical (unpaired) electrons. The van der Waals surface area contributed by atoms with Gasteiger partial charge in [-0.25, -0.2) is 0 Å². The summed E-state index contributed by atoms with van der Waals surface area (Å²) in [5.41, 5.74) is 1.13. The van der Waals surface area contributed by atoms with Crippen molar-refractivity contribution in [2.24, 2.45) is 0 Å². The minimum Gasteiger partial charge on any atom is -0.464 e. The molecule has 1 atom stereocenters. The Kier molecular flexibility index (Phi) is 6.23. The largest absolute Gasteiger partial charge is 0.464 e. The third kappa shape index (κ3) is 4.59. The van der Waals surface area contributed by atoms with Crippen molar-refractivity contribution >= 4 is 23.3 Å². The predicted octanol–water partition coefficient (Wildman–Crippen LogP) is 3.88. The number of nitrogens with one attached hydrogen (secondary N) is 1. The number of carbonyl (C=O) groups is 2. The highest BCUT2D eigenvalue weighted by atomic mass is 32.1. The van der Waals surface area contributed by atoms with Gasteiger partial charge in [-0.2, -0.15) is 0 Å². The zero-order valence-electron chi connectivity index (χ0n) is 16.8. The van der Waals surface area contributed by atoms with E-state index < -0.39 is 6.04 Å². The van der Waals surface area contributed by atoms with Crippen molar-refractivity contribution in [1.29, 1.82) is 0 Å². The highest BCUT2D eigenvalue weighted by Gasteiger charge is 2.36. The zero-order chi connectivity index (χ0) is 20.9. The monoisotopic (exact) mass is 424 g/mol. The smallest absolute Gasteiger partial charge is 0.276 e. The maximum atomic E-state index is 13.4. The average molecular weight is 425 g/mol. The molecule has 0 bridgehead atoms. The fourth-order valence-corrected chi connectivity index (χ4v) is 4.27. The molecule has 2 aromatic heterocycles. The third-order valence-electron chi connectivity index (χ3n) is 5.33. The van der Waals surface area contributed by atoms with Crippen molar-refractivity contribution < 1.29 is 14.0 Å². The van der Waals surface area contributed by atoms with Crippen LogP contribution in [-0.4, -0.2) is 32.3 Å². The first-order valence-electron chi connectivity index (χ1n) is 10.1. The molecule has 1 aromatic carbocycles. The molecule has 1 N–H and O–H groups in total. The van der Waals surface area contributed by atoms with Gasteiger partial charge in [0.2, 0.25) is 0 Å². The first kappa shape index (κ1) is 20.3. The van der Waals surface area contributed by atoms with Gasteiger partial charge in [0.15, 0.2) is 11.7 Å². The minimum atomic E-state index is -0.895. The molecule has 8 heteroatoms. The van der Waals surface area contributed by atoms with Crippen molar-refractivity contribution in [3.8, 4) is 0 Å². The lowest BCUT2D eigenvalue weighted by Gasteiger charge is -2.30. The summed E-state index contributed by atoms with van der Waals surface area (Å²) in [7, 11) is 0. The molecule has 0 saturated heterocycles. The van der Waals surface area contributed by atoms with Crippen LogP contribution >= 0.6 is 11.5 Å². The molecule has 3 aromatic rings. The summed E-state index contributed by atoms with van der Waals surface area (Å²) >= 11 is 1.11. The van der Waals surface area contributed by atoms with Crippen LogP contribution in [0.3, 0.4) is 0 Å². The zero-order valence-corrected chi connectivity index (χ0v) is 17.6. The van der Waals surface area contributed by atoms with Gasteiger partial charge in [-0.1, -0.05) is 47.7 Å². The van der Waals surface area contributed by atoms with Crippen LogP contribution in [0.15, 0.2) is 52.3 Å². The van der Waals surface area contributed by atoms with Crippen molar-refractivity contribution in [2.75, 3.05) is 0 Å². The molecule has 156 valence electrons. The van der Waals surface area contributed by atoms with Crippen molar-refractivity contribution in [3.63, 3.8) is 0 Å². The van der Waals surface area contributed by atoms with Crippen molar-refractivity contribution in [3.05, 3.63) is 70.6 Å². The molecule has 0 spiro atoms. The lowest BCUT2D eigenvalue weighted by atomic mass is 10.1. The Balaban J connectivity index is 1.71. The van der Waals surface area contributed by atoms with Gasteiger partial charge in [0.25, 0.3) is 11.8 Å². The number of furan rings is 1. The number of amides is 2. The SMILES string of the molecule is Cc1ccc([C@@H](C(=O)NC2CCCC2)N(Cc2ccccc2)C(=O)c2csnn2)o1. The van der Waals surface area contributed by atoms with Crippen LogP contribution in [0.2, 0.25) is 0 Å². The van der Waals surface area contributed by atoms with Crippen molar-refractivity contribution in [1.82, 2.24) is 19.8 Å². The normalized spacial score (nSPS) is 15.1. The number of benzene rings is 1. The molecular weight excluding hydrogens is 400 g/mol. The Labute approximate surface area is 179 Å². The molecule has 0 aliphatic heterocycles. The maximum Gasteiger partial charge on any atom is 0.276 e. The lowest BCUT2D eigenvalue weighted by molar-refractivity contribution is -0.127. The Hall–Kier alpha value is -3.00. The van der Waals surface area contributed by atoms with E-state index >= 15 is 0 Å². The van der Waals surface area contributed by atoms with E-state index in [0.29, 0.717) is 11.5 Å². The van der Waals surface area contributed by atoms with Crippen LogP contribution in [-0.2, 0) is 11.3 Å². The van der Waals surface area contributed by atoms with Gasteiger partial charge in [0.05, 0.1) is 0 Å². The molecule has 1 saturated carbocycles. The molecule has 2 heterocycles. The van der Waals surface area contributed by atoms with E-state index in [9.17, 15) is 9.59 Å². The van der Waals surface area contributed by atoms with E-state index in [1.165, 1.54) is 4.90 Å². The number of carbonyl (C=O) groups excluding carboxylic acids is 2. The molecule has 4 rings (SSSR count). The van der Waals surface area contributed by atoms with Gasteiger partial charge in [0, 0.05) is 18.0 Å². The highest BCUT2D eigenvalue weighted by Crippen LogP contribution is 2.28. The Morgan fingerprint density at radius 1 is 1.20 bits per heavy atom. The number of hydrogen-bond acceptors (Lipinski definition) is 6. The van der Waals surface area contributed by atoms with Gasteiger partial charge >= 0.3 is 0 Å². The molecule has 1 aliphatic carbocycles. The number of aryl methyl sites for hydroxylation is 1. The van der Waals surface area contributed by atoms with Crippen LogP contribution in [0.1, 0.15) is 59.3 Å². The maximum absolute atomic E-state index is 13.4. The first-order chi connectivity index (χ1) is 14.6. The van der Waals surface area contributed by atoms with Crippen LogP contribution in [0.25, 0.3) is 0 Å².